The summed E-state index contributed by atoms with van der Waals surface area (Å²) >= 11 is 5.51. The molecule has 7 heteroatoms. The molecule has 2 N–H and O–H groups in total. The van der Waals surface area contributed by atoms with E-state index in [0.717, 1.165) is 12.1 Å². The lowest BCUT2D eigenvalue weighted by Crippen LogP contribution is -2.26. The molecule has 1 aromatic rings. The van der Waals surface area contributed by atoms with Crippen LogP contribution in [0.5, 0.6) is 0 Å². The van der Waals surface area contributed by atoms with Gasteiger partial charge in [-0.25, -0.2) is 4.39 Å². The van der Waals surface area contributed by atoms with Crippen LogP contribution in [0.3, 0.4) is 0 Å². The highest BCUT2D eigenvalue weighted by molar-refractivity contribution is 6.31. The maximum atomic E-state index is 13.3. The molecule has 0 fully saturated rings. The second kappa shape index (κ2) is 5.97. The van der Waals surface area contributed by atoms with Crippen LogP contribution in [0.2, 0.25) is 5.02 Å². The molecule has 1 aromatic carbocycles. The van der Waals surface area contributed by atoms with Gasteiger partial charge in [-0.2, -0.15) is 0 Å². The van der Waals surface area contributed by atoms with E-state index in [1.165, 1.54) is 0 Å². The van der Waals surface area contributed by atoms with Gasteiger partial charge < -0.3 is 10.4 Å². The molecule has 0 amide bonds. The van der Waals surface area contributed by atoms with Crippen LogP contribution in [0.4, 0.5) is 15.8 Å². The highest BCUT2D eigenvalue weighted by Crippen LogP contribution is 2.31. The third kappa shape index (κ3) is 3.30. The Bertz CT molecular complexity index is 456. The number of hydrogen-bond acceptors (Lipinski definition) is 4. The number of nitrogens with zero attached hydrogens (tertiary/aromatic N) is 1. The number of nitro groups is 1. The minimum absolute atomic E-state index is 0.0506. The van der Waals surface area contributed by atoms with Gasteiger partial charge in [0.05, 0.1) is 9.95 Å². The van der Waals surface area contributed by atoms with Gasteiger partial charge in [-0.3, -0.25) is 10.1 Å². The number of aliphatic hydroxyl groups excluding tert-OH is 1. The first-order valence-corrected chi connectivity index (χ1v) is 5.75. The summed E-state index contributed by atoms with van der Waals surface area (Å²) in [4.78, 5) is 10.2. The van der Waals surface area contributed by atoms with Gasteiger partial charge in [0.2, 0.25) is 0 Å². The maximum absolute atomic E-state index is 13.3. The fraction of sp³-hybridized carbons (Fsp3) is 0.455. The van der Waals surface area contributed by atoms with Gasteiger partial charge in [-0.15, -0.1) is 0 Å². The maximum Gasteiger partial charge on any atom is 0.294 e. The lowest BCUT2D eigenvalue weighted by Gasteiger charge is -2.20. The van der Waals surface area contributed by atoms with Crippen LogP contribution in [0.15, 0.2) is 12.1 Å². The summed E-state index contributed by atoms with van der Waals surface area (Å²) in [5.74, 6) is -0.850. The van der Waals surface area contributed by atoms with Gasteiger partial charge in [0, 0.05) is 24.8 Å². The van der Waals surface area contributed by atoms with Crippen molar-refractivity contribution in [3.05, 3.63) is 33.1 Å². The topological polar surface area (TPSA) is 75.4 Å². The van der Waals surface area contributed by atoms with Gasteiger partial charge in [0.1, 0.15) is 11.5 Å². The quantitative estimate of drug-likeness (QED) is 0.640. The Balaban J connectivity index is 3.07. The minimum atomic E-state index is -0.728. The van der Waals surface area contributed by atoms with Crippen LogP contribution in [0.1, 0.15) is 13.8 Å². The molecule has 0 aliphatic carbocycles. The summed E-state index contributed by atoms with van der Waals surface area (Å²) in [6, 6.07) is 1.71. The zero-order chi connectivity index (χ0) is 13.9. The number of anilines is 1. The van der Waals surface area contributed by atoms with E-state index in [2.05, 4.69) is 5.32 Å². The van der Waals surface area contributed by atoms with E-state index in [1.54, 1.807) is 13.8 Å². The monoisotopic (exact) mass is 276 g/mol. The number of rotatable bonds is 5. The summed E-state index contributed by atoms with van der Waals surface area (Å²) in [5.41, 5.74) is -0.243. The van der Waals surface area contributed by atoms with Crippen LogP contribution in [-0.2, 0) is 0 Å². The lowest BCUT2D eigenvalue weighted by atomic mass is 10.0. The summed E-state index contributed by atoms with van der Waals surface area (Å²) in [7, 11) is 0. The van der Waals surface area contributed by atoms with Crippen molar-refractivity contribution in [1.29, 1.82) is 0 Å². The molecular formula is C11H14ClFN2O3. The molecule has 2 unspecified atom stereocenters. The van der Waals surface area contributed by atoms with Gasteiger partial charge in [0.15, 0.2) is 0 Å². The van der Waals surface area contributed by atoms with Crippen molar-refractivity contribution in [3.63, 3.8) is 0 Å². The van der Waals surface area contributed by atoms with Crippen molar-refractivity contribution in [1.82, 2.24) is 0 Å². The Labute approximate surface area is 109 Å². The summed E-state index contributed by atoms with van der Waals surface area (Å²) in [6.07, 6.45) is 0. The molecule has 0 heterocycles. The van der Waals surface area contributed by atoms with Crippen molar-refractivity contribution in [2.45, 2.75) is 19.9 Å². The largest absolute Gasteiger partial charge is 0.396 e. The first-order valence-electron chi connectivity index (χ1n) is 5.37. The second-order valence-corrected chi connectivity index (χ2v) is 4.54. The van der Waals surface area contributed by atoms with E-state index in [0.29, 0.717) is 0 Å². The fourth-order valence-corrected chi connectivity index (χ4v) is 1.51. The molecule has 5 nitrogen and oxygen atoms in total. The lowest BCUT2D eigenvalue weighted by molar-refractivity contribution is -0.384. The molecule has 0 saturated carbocycles. The van der Waals surface area contributed by atoms with Crippen molar-refractivity contribution in [3.8, 4) is 0 Å². The van der Waals surface area contributed by atoms with E-state index in [1.807, 2.05) is 0 Å². The van der Waals surface area contributed by atoms with Crippen LogP contribution in [-0.4, -0.2) is 22.7 Å². The van der Waals surface area contributed by atoms with Gasteiger partial charge >= 0.3 is 0 Å². The minimum Gasteiger partial charge on any atom is -0.396 e. The number of nitro benzene ring substituents is 1. The zero-order valence-electron chi connectivity index (χ0n) is 9.98. The molecule has 0 bridgehead atoms. The van der Waals surface area contributed by atoms with Crippen molar-refractivity contribution in [2.24, 2.45) is 5.92 Å². The van der Waals surface area contributed by atoms with E-state index in [9.17, 15) is 14.5 Å². The Morgan fingerprint density at radius 1 is 1.56 bits per heavy atom. The van der Waals surface area contributed by atoms with Crippen LogP contribution in [0, 0.1) is 21.8 Å². The van der Waals surface area contributed by atoms with Gasteiger partial charge in [0.25, 0.3) is 5.69 Å². The standard InChI is InChI=1S/C11H14ClFN2O3/c1-6(5-16)7(2)14-10-4-9(13)8(12)3-11(10)15(17)18/h3-4,6-7,14,16H,5H2,1-2H3. The summed E-state index contributed by atoms with van der Waals surface area (Å²) in [5, 5.41) is 22.3. The predicted molar refractivity (Wildman–Crippen MR) is 67.4 cm³/mol. The van der Waals surface area contributed by atoms with Crippen LogP contribution in [0.25, 0.3) is 0 Å². The molecule has 0 aromatic heterocycles. The van der Waals surface area contributed by atoms with Crippen molar-refractivity contribution < 1.29 is 14.4 Å². The predicted octanol–water partition coefficient (Wildman–Crippen LogP) is 2.82. The molecule has 0 radical (unpaired) electrons. The third-order valence-corrected chi connectivity index (χ3v) is 3.05. The second-order valence-electron chi connectivity index (χ2n) is 4.13. The average Bonchev–Trinajstić information content (AvgIpc) is 2.31. The SMILES string of the molecule is CC(CO)C(C)Nc1cc(F)c(Cl)cc1[N+](=O)[O-]. The molecule has 0 saturated heterocycles. The molecule has 0 aliphatic heterocycles. The molecule has 2 atom stereocenters. The van der Waals surface area contributed by atoms with E-state index in [-0.39, 0.29) is 35.0 Å². The first kappa shape index (κ1) is 14.7. The van der Waals surface area contributed by atoms with E-state index in [4.69, 9.17) is 16.7 Å². The fourth-order valence-electron chi connectivity index (χ4n) is 1.35. The number of nitrogens with one attached hydrogen (secondary N) is 1. The number of benzene rings is 1. The Morgan fingerprint density at radius 2 is 2.17 bits per heavy atom. The normalized spacial score (nSPS) is 14.1. The zero-order valence-corrected chi connectivity index (χ0v) is 10.7. The number of halogens is 2. The first-order chi connectivity index (χ1) is 8.36. The highest BCUT2D eigenvalue weighted by atomic mass is 35.5. The van der Waals surface area contributed by atoms with E-state index >= 15 is 0 Å². The van der Waals surface area contributed by atoms with Crippen LogP contribution < -0.4 is 5.32 Å². The number of hydrogen-bond donors (Lipinski definition) is 2. The Hall–Kier alpha value is -1.40. The van der Waals surface area contributed by atoms with Crippen LogP contribution >= 0.6 is 11.6 Å². The molecule has 18 heavy (non-hydrogen) atoms. The number of aliphatic hydroxyl groups is 1. The Morgan fingerprint density at radius 3 is 2.67 bits per heavy atom. The molecule has 0 aliphatic rings. The molecular weight excluding hydrogens is 263 g/mol. The highest BCUT2D eigenvalue weighted by Gasteiger charge is 2.20. The third-order valence-electron chi connectivity index (χ3n) is 2.76. The molecule has 0 spiro atoms. The smallest absolute Gasteiger partial charge is 0.294 e. The van der Waals surface area contributed by atoms with E-state index < -0.39 is 10.7 Å². The van der Waals surface area contributed by atoms with Gasteiger partial charge in [-0.05, 0) is 12.8 Å². The summed E-state index contributed by atoms with van der Waals surface area (Å²) < 4.78 is 13.3. The summed E-state index contributed by atoms with van der Waals surface area (Å²) in [6.45, 7) is 3.45. The average molecular weight is 277 g/mol. The van der Waals surface area contributed by atoms with Crippen molar-refractivity contribution in [2.75, 3.05) is 11.9 Å². The molecule has 1 rings (SSSR count). The molecule has 100 valence electrons. The van der Waals surface area contributed by atoms with Gasteiger partial charge in [-0.1, -0.05) is 18.5 Å². The van der Waals surface area contributed by atoms with Crippen molar-refractivity contribution >= 4 is 23.0 Å². The Kier molecular flexibility index (Phi) is 4.86.